The number of ether oxygens (including phenoxy) is 3. The Bertz CT molecular complexity index is 1110. The van der Waals surface area contributed by atoms with Gasteiger partial charge in [0.05, 0.1) is 7.11 Å². The van der Waals surface area contributed by atoms with Crippen molar-refractivity contribution in [2.24, 2.45) is 23.7 Å². The van der Waals surface area contributed by atoms with Crippen LogP contribution in [0.15, 0.2) is 0 Å². The van der Waals surface area contributed by atoms with Crippen LogP contribution in [0, 0.1) is 23.7 Å². The maximum absolute atomic E-state index is 13.1. The fourth-order valence-corrected chi connectivity index (χ4v) is 11.5. The van der Waals surface area contributed by atoms with Gasteiger partial charge in [-0.05, 0) is 36.5 Å². The lowest BCUT2D eigenvalue weighted by atomic mass is 9.93. The molecule has 0 spiro atoms. The molecule has 4 atom stereocenters. The molecule has 4 fully saturated rings. The molecule has 4 rings (SSSR count). The number of carbonyl (C=O) groups is 2. The van der Waals surface area contributed by atoms with Crippen molar-refractivity contribution in [2.45, 2.75) is 75.7 Å². The van der Waals surface area contributed by atoms with Gasteiger partial charge in [-0.15, -0.1) is 0 Å². The fraction of sp³-hybridized carbons (Fsp3) is 0.926. The molecule has 4 saturated heterocycles. The van der Waals surface area contributed by atoms with Gasteiger partial charge in [0.25, 0.3) is 0 Å². The Labute approximate surface area is 245 Å². The summed E-state index contributed by atoms with van der Waals surface area (Å²) >= 11 is 0. The summed E-state index contributed by atoms with van der Waals surface area (Å²) in [6, 6.07) is 0. The molecule has 0 aliphatic carbocycles. The van der Waals surface area contributed by atoms with Crippen LogP contribution in [-0.4, -0.2) is 112 Å². The average molecular weight is 625 g/mol. The van der Waals surface area contributed by atoms with Crippen LogP contribution in [0.4, 0.5) is 0 Å². The minimum absolute atomic E-state index is 0.0317. The largest absolute Gasteiger partial charge is 0.480 e. The van der Waals surface area contributed by atoms with Gasteiger partial charge in [0.1, 0.15) is 0 Å². The quantitative estimate of drug-likeness (QED) is 0.433. The third-order valence-electron chi connectivity index (χ3n) is 8.89. The Kier molecular flexibility index (Phi) is 11.3. The maximum Gasteiger partial charge on any atom is 0.328 e. The molecule has 12 nitrogen and oxygen atoms in total. The van der Waals surface area contributed by atoms with Crippen LogP contribution in [0.2, 0.25) is 0 Å². The Morgan fingerprint density at radius 3 is 1.32 bits per heavy atom. The van der Waals surface area contributed by atoms with Gasteiger partial charge in [-0.1, -0.05) is 27.7 Å². The van der Waals surface area contributed by atoms with Gasteiger partial charge in [-0.3, -0.25) is 9.59 Å². The number of sulfonamides is 2. The molecule has 0 radical (unpaired) electrons. The Morgan fingerprint density at radius 1 is 0.683 bits per heavy atom. The van der Waals surface area contributed by atoms with E-state index in [0.29, 0.717) is 38.0 Å². The molecule has 4 aliphatic heterocycles. The van der Waals surface area contributed by atoms with Crippen LogP contribution in [-0.2, 0) is 43.8 Å². The number of hydrogen-bond donors (Lipinski definition) is 1. The van der Waals surface area contributed by atoms with Crippen molar-refractivity contribution in [3.05, 3.63) is 0 Å². The summed E-state index contributed by atoms with van der Waals surface area (Å²) in [6.07, 6.45) is 2.39. The van der Waals surface area contributed by atoms with Gasteiger partial charge in [0.2, 0.25) is 20.0 Å². The maximum atomic E-state index is 13.1. The Hall–Kier alpha value is -1.32. The summed E-state index contributed by atoms with van der Waals surface area (Å²) in [5.41, 5.74) is 0. The predicted molar refractivity (Wildman–Crippen MR) is 152 cm³/mol. The summed E-state index contributed by atoms with van der Waals surface area (Å²) in [5.74, 6) is -0.766. The van der Waals surface area contributed by atoms with E-state index >= 15 is 0 Å². The molecule has 4 aliphatic rings. The number of nitrogens with zero attached hydrogens (tertiary/aromatic N) is 2. The molecule has 0 saturated carbocycles. The Balaban J connectivity index is 0.000000226. The number of carboxylic acids is 1. The van der Waals surface area contributed by atoms with E-state index in [4.69, 9.17) is 14.2 Å². The fourth-order valence-electron chi connectivity index (χ4n) is 6.84. The summed E-state index contributed by atoms with van der Waals surface area (Å²) < 4.78 is 67.0. The molecule has 4 unspecified atom stereocenters. The first-order valence-corrected chi connectivity index (χ1v) is 17.5. The van der Waals surface area contributed by atoms with E-state index < -0.39 is 41.5 Å². The van der Waals surface area contributed by atoms with Crippen molar-refractivity contribution >= 4 is 32.0 Å². The lowest BCUT2D eigenvalue weighted by Crippen LogP contribution is -2.58. The third kappa shape index (κ3) is 6.93. The van der Waals surface area contributed by atoms with E-state index in [9.17, 15) is 31.5 Å². The van der Waals surface area contributed by atoms with Crippen molar-refractivity contribution in [1.82, 2.24) is 8.61 Å². The summed E-state index contributed by atoms with van der Waals surface area (Å²) in [4.78, 5) is 23.9. The molecule has 0 amide bonds. The zero-order valence-corrected chi connectivity index (χ0v) is 26.7. The van der Waals surface area contributed by atoms with Gasteiger partial charge in [-0.2, -0.15) is 0 Å². The van der Waals surface area contributed by atoms with Crippen LogP contribution >= 0.6 is 0 Å². The molecular weight excluding hydrogens is 576 g/mol. The number of rotatable bonds is 6. The van der Waals surface area contributed by atoms with Crippen molar-refractivity contribution in [2.75, 3.05) is 59.7 Å². The average Bonchev–Trinajstić information content (AvgIpc) is 2.92. The molecule has 0 aromatic heterocycles. The van der Waals surface area contributed by atoms with Crippen LogP contribution < -0.4 is 0 Å². The van der Waals surface area contributed by atoms with Crippen molar-refractivity contribution in [1.29, 1.82) is 0 Å². The second kappa shape index (κ2) is 13.5. The van der Waals surface area contributed by atoms with E-state index in [1.165, 1.54) is 15.7 Å². The number of aliphatic carboxylic acids is 1. The minimum atomic E-state index is -3.86. The minimum Gasteiger partial charge on any atom is -0.480 e. The van der Waals surface area contributed by atoms with Gasteiger partial charge < -0.3 is 19.3 Å². The molecule has 0 aromatic rings. The van der Waals surface area contributed by atoms with Gasteiger partial charge in [-0.25, -0.2) is 25.4 Å². The topological polar surface area (TPSA) is 157 Å². The summed E-state index contributed by atoms with van der Waals surface area (Å²) in [6.45, 7) is 10.8. The zero-order valence-electron chi connectivity index (χ0n) is 25.0. The van der Waals surface area contributed by atoms with Gasteiger partial charge in [0.15, 0.2) is 9.49 Å². The molecule has 238 valence electrons. The highest BCUT2D eigenvalue weighted by Crippen LogP contribution is 2.37. The number of carbonyl (C=O) groups excluding carboxylic acids is 1. The third-order valence-corrected chi connectivity index (χ3v) is 14.0. The monoisotopic (exact) mass is 624 g/mol. The van der Waals surface area contributed by atoms with Crippen LogP contribution in [0.25, 0.3) is 0 Å². The van der Waals surface area contributed by atoms with Gasteiger partial charge >= 0.3 is 11.9 Å². The van der Waals surface area contributed by atoms with Crippen LogP contribution in [0.5, 0.6) is 0 Å². The van der Waals surface area contributed by atoms with E-state index in [0.717, 1.165) is 12.8 Å². The highest BCUT2D eigenvalue weighted by molar-refractivity contribution is 7.91. The molecule has 0 bridgehead atoms. The van der Waals surface area contributed by atoms with E-state index in [2.05, 4.69) is 0 Å². The molecular formula is C27H48N2O10S2. The summed E-state index contributed by atoms with van der Waals surface area (Å²) in [7, 11) is -6.36. The number of carboxylic acid groups (broad SMARTS) is 1. The first-order valence-electron chi connectivity index (χ1n) is 14.6. The first-order chi connectivity index (χ1) is 19.1. The SMILES string of the molecule is CC1CC(C)CN(S(=O)(=O)C2(C(=O)O)CCOCC2)C1.COC(=O)C1(S(=O)(=O)N2CC(C)CC(C)C2)CCOCC1. The lowest BCUT2D eigenvalue weighted by Gasteiger charge is -2.41. The molecule has 4 heterocycles. The number of methoxy groups -OCH3 is 1. The molecule has 41 heavy (non-hydrogen) atoms. The number of piperidine rings is 2. The second-order valence-corrected chi connectivity index (χ2v) is 17.0. The van der Waals surface area contributed by atoms with Crippen LogP contribution in [0.3, 0.4) is 0 Å². The standard InChI is InChI=1S/C14H25NO5S.C13H23NO5S/c1-11-8-12(2)10-15(9-11)21(17,18)14(13(16)19-3)4-6-20-7-5-14;1-10-7-11(2)9-14(8-10)20(17,18)13(12(15)16)3-5-19-6-4-13/h11-12H,4-10H2,1-3H3;10-11H,3-9H2,1-2H3,(H,15,16). The molecule has 1 N–H and O–H groups in total. The molecule has 0 aromatic carbocycles. The number of esters is 1. The van der Waals surface area contributed by atoms with Crippen LogP contribution in [0.1, 0.15) is 66.2 Å². The molecule has 14 heteroatoms. The highest BCUT2D eigenvalue weighted by Gasteiger charge is 2.56. The Morgan fingerprint density at radius 2 is 1.00 bits per heavy atom. The smallest absolute Gasteiger partial charge is 0.328 e. The van der Waals surface area contributed by atoms with Crippen molar-refractivity contribution < 1.29 is 45.7 Å². The zero-order chi connectivity index (χ0) is 30.6. The van der Waals surface area contributed by atoms with E-state index in [1.54, 1.807) is 0 Å². The normalized spacial score (nSPS) is 31.3. The van der Waals surface area contributed by atoms with Crippen molar-refractivity contribution in [3.63, 3.8) is 0 Å². The lowest BCUT2D eigenvalue weighted by molar-refractivity contribution is -0.146. The predicted octanol–water partition coefficient (Wildman–Crippen LogP) is 1.94. The second-order valence-electron chi connectivity index (χ2n) is 12.5. The van der Waals surface area contributed by atoms with E-state index in [1.807, 2.05) is 27.7 Å². The summed E-state index contributed by atoms with van der Waals surface area (Å²) in [5, 5.41) is 9.53. The van der Waals surface area contributed by atoms with E-state index in [-0.39, 0.29) is 63.9 Å². The number of hydrogen-bond acceptors (Lipinski definition) is 9. The highest BCUT2D eigenvalue weighted by atomic mass is 32.2. The van der Waals surface area contributed by atoms with Crippen molar-refractivity contribution in [3.8, 4) is 0 Å². The van der Waals surface area contributed by atoms with Gasteiger partial charge in [0, 0.05) is 78.3 Å². The first kappa shape index (κ1) is 34.2.